The van der Waals surface area contributed by atoms with Crippen LogP contribution >= 0.6 is 0 Å². The fourth-order valence-electron chi connectivity index (χ4n) is 4.41. The van der Waals surface area contributed by atoms with Gasteiger partial charge in [-0.1, -0.05) is 52.0 Å². The Balaban J connectivity index is 2.20. The van der Waals surface area contributed by atoms with Crippen LogP contribution in [0.4, 0.5) is 0 Å². The second kappa shape index (κ2) is 10.4. The zero-order valence-corrected chi connectivity index (χ0v) is 22.4. The van der Waals surface area contributed by atoms with Crippen LogP contribution in [-0.4, -0.2) is 75.0 Å². The van der Waals surface area contributed by atoms with E-state index in [1.54, 1.807) is 12.1 Å². The van der Waals surface area contributed by atoms with E-state index in [1.165, 1.54) is 5.56 Å². The summed E-state index contributed by atoms with van der Waals surface area (Å²) >= 11 is 0. The standard InChI is InChI=1S/C26H42N3O2Si/c1-25(2,16-17-29(9)32(27(5)6)28(7)8)22-12-15-24(31)20(18-22)19-26(3,4)21-10-13-23(30)14-11-21/h10-15,18,30-31H,16-17,19H2,1-9H3. The molecule has 0 spiro atoms. The first-order valence-electron chi connectivity index (χ1n) is 11.3. The lowest BCUT2D eigenvalue weighted by atomic mass is 9.76. The van der Waals surface area contributed by atoms with E-state index < -0.39 is 9.28 Å². The van der Waals surface area contributed by atoms with Crippen molar-refractivity contribution in [3.63, 3.8) is 0 Å². The SMILES string of the molecule is CN(C)[Si](N(C)C)N(C)CCC(C)(C)c1ccc(O)c(CC(C)(C)c2ccc(O)cc2)c1. The number of phenolic OH excluding ortho intramolecular Hbond substituents is 2. The second-order valence-electron chi connectivity index (χ2n) is 10.6. The summed E-state index contributed by atoms with van der Waals surface area (Å²) in [5.41, 5.74) is 3.19. The molecule has 177 valence electrons. The zero-order valence-electron chi connectivity index (χ0n) is 21.4. The fourth-order valence-corrected chi connectivity index (χ4v) is 6.89. The van der Waals surface area contributed by atoms with Gasteiger partial charge in [0.25, 0.3) is 0 Å². The molecule has 0 aliphatic heterocycles. The molecule has 2 aromatic carbocycles. The van der Waals surface area contributed by atoms with Gasteiger partial charge in [-0.15, -0.1) is 0 Å². The molecule has 6 heteroatoms. The van der Waals surface area contributed by atoms with E-state index in [1.807, 2.05) is 18.2 Å². The Labute approximate surface area is 197 Å². The maximum atomic E-state index is 10.6. The summed E-state index contributed by atoms with van der Waals surface area (Å²) in [6.07, 6.45) is 1.76. The Kier molecular flexibility index (Phi) is 8.56. The third-order valence-corrected chi connectivity index (χ3v) is 8.86. The topological polar surface area (TPSA) is 50.2 Å². The van der Waals surface area contributed by atoms with Crippen molar-refractivity contribution in [2.24, 2.45) is 0 Å². The number of hydrogen-bond donors (Lipinski definition) is 2. The first-order valence-corrected chi connectivity index (χ1v) is 12.6. The van der Waals surface area contributed by atoms with Gasteiger partial charge in [-0.25, -0.2) is 0 Å². The van der Waals surface area contributed by atoms with E-state index in [0.29, 0.717) is 5.75 Å². The van der Waals surface area contributed by atoms with Crippen molar-refractivity contribution < 1.29 is 10.2 Å². The van der Waals surface area contributed by atoms with Crippen molar-refractivity contribution in [1.82, 2.24) is 13.7 Å². The zero-order chi connectivity index (χ0) is 24.3. The van der Waals surface area contributed by atoms with Crippen LogP contribution in [0.1, 0.15) is 50.8 Å². The molecule has 2 rings (SSSR count). The maximum absolute atomic E-state index is 10.6. The molecule has 0 amide bonds. The molecule has 32 heavy (non-hydrogen) atoms. The highest BCUT2D eigenvalue weighted by molar-refractivity contribution is 6.49. The molecule has 5 nitrogen and oxygen atoms in total. The minimum atomic E-state index is -0.889. The summed E-state index contributed by atoms with van der Waals surface area (Å²) in [7, 11) is 9.93. The summed E-state index contributed by atoms with van der Waals surface area (Å²) < 4.78 is 7.12. The Bertz CT molecular complexity index is 871. The lowest BCUT2D eigenvalue weighted by Gasteiger charge is -2.36. The number of hydrogen-bond acceptors (Lipinski definition) is 5. The molecular weight excluding hydrogens is 414 g/mol. The summed E-state index contributed by atoms with van der Waals surface area (Å²) in [6.45, 7) is 9.95. The minimum Gasteiger partial charge on any atom is -0.508 e. The van der Waals surface area contributed by atoms with E-state index in [2.05, 4.69) is 88.8 Å². The van der Waals surface area contributed by atoms with Crippen molar-refractivity contribution in [3.8, 4) is 11.5 Å². The van der Waals surface area contributed by atoms with Gasteiger partial charge in [-0.2, -0.15) is 0 Å². The van der Waals surface area contributed by atoms with Gasteiger partial charge >= 0.3 is 9.28 Å². The van der Waals surface area contributed by atoms with Gasteiger partial charge < -0.3 is 23.9 Å². The molecule has 2 N–H and O–H groups in total. The molecule has 0 atom stereocenters. The Morgan fingerprint density at radius 1 is 0.750 bits per heavy atom. The summed E-state index contributed by atoms with van der Waals surface area (Å²) in [5, 5.41) is 20.2. The number of rotatable bonds is 10. The van der Waals surface area contributed by atoms with Crippen molar-refractivity contribution in [1.29, 1.82) is 0 Å². The third-order valence-electron chi connectivity index (χ3n) is 6.36. The molecule has 0 aromatic heterocycles. The van der Waals surface area contributed by atoms with Gasteiger partial charge in [0, 0.05) is 0 Å². The Hall–Kier alpha value is -1.86. The van der Waals surface area contributed by atoms with Crippen LogP contribution in [0.15, 0.2) is 42.5 Å². The first kappa shape index (κ1) is 26.4. The lowest BCUT2D eigenvalue weighted by molar-refractivity contribution is 0.343. The molecule has 2 aromatic rings. The number of phenols is 2. The predicted molar refractivity (Wildman–Crippen MR) is 136 cm³/mol. The molecule has 0 aliphatic carbocycles. The van der Waals surface area contributed by atoms with Gasteiger partial charge in [0.15, 0.2) is 0 Å². The monoisotopic (exact) mass is 456 g/mol. The summed E-state index contributed by atoms with van der Waals surface area (Å²) in [5.74, 6) is 0.619. The van der Waals surface area contributed by atoms with Crippen LogP contribution < -0.4 is 0 Å². The van der Waals surface area contributed by atoms with Crippen LogP contribution in [-0.2, 0) is 17.3 Å². The molecule has 1 radical (unpaired) electrons. The molecule has 0 fully saturated rings. The van der Waals surface area contributed by atoms with E-state index in [4.69, 9.17) is 0 Å². The molecule has 0 saturated carbocycles. The van der Waals surface area contributed by atoms with Crippen molar-refractivity contribution in [2.75, 3.05) is 41.8 Å². The van der Waals surface area contributed by atoms with Crippen LogP contribution in [0, 0.1) is 0 Å². The highest BCUT2D eigenvalue weighted by atomic mass is 28.3. The van der Waals surface area contributed by atoms with Crippen LogP contribution in [0.2, 0.25) is 0 Å². The smallest absolute Gasteiger partial charge is 0.326 e. The molecule has 0 saturated heterocycles. The second-order valence-corrected chi connectivity index (χ2v) is 13.7. The number of aromatic hydroxyl groups is 2. The average molecular weight is 457 g/mol. The molecule has 0 aliphatic rings. The van der Waals surface area contributed by atoms with Gasteiger partial charge in [-0.3, -0.25) is 0 Å². The molecule has 0 unspecified atom stereocenters. The highest BCUT2D eigenvalue weighted by Crippen LogP contribution is 2.35. The first-order chi connectivity index (χ1) is 14.7. The van der Waals surface area contributed by atoms with E-state index >= 15 is 0 Å². The van der Waals surface area contributed by atoms with E-state index in [0.717, 1.165) is 30.5 Å². The molecule has 0 bridgehead atoms. The third kappa shape index (κ3) is 6.58. The van der Waals surface area contributed by atoms with Crippen molar-refractivity contribution in [3.05, 3.63) is 59.2 Å². The summed E-state index contributed by atoms with van der Waals surface area (Å²) in [4.78, 5) is 0. The van der Waals surface area contributed by atoms with Gasteiger partial charge in [0.2, 0.25) is 0 Å². The van der Waals surface area contributed by atoms with Crippen molar-refractivity contribution >= 4 is 9.28 Å². The molecule has 0 heterocycles. The quantitative estimate of drug-likeness (QED) is 0.521. The van der Waals surface area contributed by atoms with E-state index in [-0.39, 0.29) is 16.6 Å². The number of benzene rings is 2. The fraction of sp³-hybridized carbons (Fsp3) is 0.538. The Morgan fingerprint density at radius 3 is 1.81 bits per heavy atom. The van der Waals surface area contributed by atoms with Gasteiger partial charge in [0.05, 0.1) is 0 Å². The lowest BCUT2D eigenvalue weighted by Crippen LogP contribution is -2.57. The maximum Gasteiger partial charge on any atom is 0.326 e. The minimum absolute atomic E-state index is 0.00894. The highest BCUT2D eigenvalue weighted by Gasteiger charge is 2.29. The van der Waals surface area contributed by atoms with E-state index in [9.17, 15) is 10.2 Å². The Morgan fingerprint density at radius 2 is 1.28 bits per heavy atom. The summed E-state index contributed by atoms with van der Waals surface area (Å²) in [6, 6.07) is 13.5. The molecular formula is C26H42N3O2Si. The predicted octanol–water partition coefficient (Wildman–Crippen LogP) is 4.33. The van der Waals surface area contributed by atoms with Crippen LogP contribution in [0.3, 0.4) is 0 Å². The average Bonchev–Trinajstić information content (AvgIpc) is 2.67. The number of nitrogens with zero attached hydrogens (tertiary/aromatic N) is 3. The largest absolute Gasteiger partial charge is 0.508 e. The van der Waals surface area contributed by atoms with Crippen molar-refractivity contribution in [2.45, 2.75) is 51.4 Å². The van der Waals surface area contributed by atoms with Gasteiger partial charge in [-0.05, 0) is 100 Å². The van der Waals surface area contributed by atoms with Crippen LogP contribution in [0.5, 0.6) is 11.5 Å². The van der Waals surface area contributed by atoms with Gasteiger partial charge in [0.1, 0.15) is 11.5 Å². The van der Waals surface area contributed by atoms with Crippen LogP contribution in [0.25, 0.3) is 0 Å². The normalized spacial score (nSPS) is 13.0.